The number of anilines is 3. The molecule has 3 heterocycles. The number of rotatable bonds is 8. The molecule has 0 unspecified atom stereocenters. The third kappa shape index (κ3) is 5.93. The number of nitrogens with one attached hydrogen (secondary N) is 1. The van der Waals surface area contributed by atoms with Gasteiger partial charge in [-0.3, -0.25) is 9.52 Å². The molecular weight excluding hydrogens is 530 g/mol. The van der Waals surface area contributed by atoms with Gasteiger partial charge in [0, 0.05) is 50.3 Å². The number of amides is 1. The van der Waals surface area contributed by atoms with E-state index < -0.39 is 34.2 Å². The Morgan fingerprint density at radius 3 is 2.28 bits per heavy atom. The molecule has 1 saturated carbocycles. The third-order valence-electron chi connectivity index (χ3n) is 8.04. The van der Waals surface area contributed by atoms with Gasteiger partial charge in [0.1, 0.15) is 0 Å². The van der Waals surface area contributed by atoms with Crippen LogP contribution in [0.25, 0.3) is 11.3 Å². The Morgan fingerprint density at radius 1 is 1.05 bits per heavy atom. The molecule has 1 aliphatic carbocycles. The van der Waals surface area contributed by atoms with Gasteiger partial charge in [0.25, 0.3) is 11.8 Å². The second kappa shape index (κ2) is 10.2. The molecule has 13 heteroatoms. The highest BCUT2D eigenvalue weighted by Crippen LogP contribution is 2.55. The largest absolute Gasteiger partial charge is 0.395 e. The number of sulfonamides is 1. The van der Waals surface area contributed by atoms with Gasteiger partial charge < -0.3 is 20.6 Å². The summed E-state index contributed by atoms with van der Waals surface area (Å²) >= 11 is 0. The van der Waals surface area contributed by atoms with Crippen LogP contribution in [-0.4, -0.2) is 73.9 Å². The number of halogens is 2. The van der Waals surface area contributed by atoms with Crippen LogP contribution in [-0.2, 0) is 10.0 Å². The van der Waals surface area contributed by atoms with Gasteiger partial charge in [-0.15, -0.1) is 0 Å². The first-order valence-corrected chi connectivity index (χ1v) is 14.9. The second-order valence-corrected chi connectivity index (χ2v) is 12.8. The zero-order valence-corrected chi connectivity index (χ0v) is 22.7. The third-order valence-corrected chi connectivity index (χ3v) is 9.29. The average Bonchev–Trinajstić information content (AvgIpc) is 3.62. The maximum absolute atomic E-state index is 13.8. The Hall–Kier alpha value is -3.06. The number of nitrogens with two attached hydrogens (primary N) is 1. The highest BCUT2D eigenvalue weighted by molar-refractivity contribution is 7.92. The predicted molar refractivity (Wildman–Crippen MR) is 145 cm³/mol. The number of nitrogens with zero attached hydrogens (tertiary/aromatic N) is 4. The molecule has 5 rings (SSSR count). The minimum Gasteiger partial charge on any atom is -0.395 e. The van der Waals surface area contributed by atoms with E-state index in [1.807, 2.05) is 0 Å². The first-order valence-electron chi connectivity index (χ1n) is 13.2. The standard InChI is InChI=1S/C26H34F2N6O4S/c1-17-16-20(31-24(30-17)34-12-8-26(27,28)9-13-34)21-19(32-39(37,38)15-14-35)3-2-18(23(29)36)22(21)33-10-6-25(4-5-25)7-11-33/h2-3,16,32,35H,4-15H2,1H3,(H2,29,36). The summed E-state index contributed by atoms with van der Waals surface area (Å²) < 4.78 is 55.7. The lowest BCUT2D eigenvalue weighted by Crippen LogP contribution is -2.40. The second-order valence-electron chi connectivity index (χ2n) is 10.9. The van der Waals surface area contributed by atoms with Crippen molar-refractivity contribution < 1.29 is 27.1 Å². The number of alkyl halides is 2. The normalized spacial score (nSPS) is 20.2. The van der Waals surface area contributed by atoms with Gasteiger partial charge in [0.05, 0.1) is 35.0 Å². The fourth-order valence-electron chi connectivity index (χ4n) is 5.54. The number of carbonyl (C=O) groups excluding carboxylic acids is 1. The van der Waals surface area contributed by atoms with Gasteiger partial charge in [-0.05, 0) is 56.2 Å². The lowest BCUT2D eigenvalue weighted by atomic mass is 9.91. The van der Waals surface area contributed by atoms with Crippen LogP contribution in [0.1, 0.15) is 54.6 Å². The van der Waals surface area contributed by atoms with Crippen molar-refractivity contribution in [1.82, 2.24) is 9.97 Å². The summed E-state index contributed by atoms with van der Waals surface area (Å²) in [6, 6.07) is 4.65. The summed E-state index contributed by atoms with van der Waals surface area (Å²) in [6.07, 6.45) is 3.62. The molecule has 3 aliphatic rings. The van der Waals surface area contributed by atoms with Crippen LogP contribution >= 0.6 is 0 Å². The predicted octanol–water partition coefficient (Wildman–Crippen LogP) is 2.90. The van der Waals surface area contributed by atoms with Crippen molar-refractivity contribution in [3.8, 4) is 11.3 Å². The van der Waals surface area contributed by atoms with E-state index in [1.165, 1.54) is 25.0 Å². The van der Waals surface area contributed by atoms with Crippen molar-refractivity contribution in [2.45, 2.75) is 51.4 Å². The van der Waals surface area contributed by atoms with Gasteiger partial charge in [-0.2, -0.15) is 0 Å². The number of primary amides is 1. The van der Waals surface area contributed by atoms with Crippen molar-refractivity contribution in [2.75, 3.05) is 53.1 Å². The summed E-state index contributed by atoms with van der Waals surface area (Å²) in [5, 5.41) is 9.28. The van der Waals surface area contributed by atoms with Gasteiger partial charge in [0.2, 0.25) is 16.0 Å². The molecule has 3 fully saturated rings. The number of benzene rings is 1. The fraction of sp³-hybridized carbons (Fsp3) is 0.577. The molecule has 0 radical (unpaired) electrons. The first kappa shape index (κ1) is 27.5. The van der Waals surface area contributed by atoms with E-state index in [-0.39, 0.29) is 43.1 Å². The number of carbonyl (C=O) groups is 1. The summed E-state index contributed by atoms with van der Waals surface area (Å²) in [4.78, 5) is 25.6. The van der Waals surface area contributed by atoms with Gasteiger partial charge in [-0.1, -0.05) is 0 Å². The van der Waals surface area contributed by atoms with Crippen LogP contribution in [0.15, 0.2) is 18.2 Å². The molecule has 1 aromatic carbocycles. The van der Waals surface area contributed by atoms with Crippen LogP contribution in [0.5, 0.6) is 0 Å². The van der Waals surface area contributed by atoms with Crippen molar-refractivity contribution in [3.63, 3.8) is 0 Å². The summed E-state index contributed by atoms with van der Waals surface area (Å²) in [5.41, 5.74) is 8.33. The van der Waals surface area contributed by atoms with Gasteiger partial charge in [0.15, 0.2) is 0 Å². The van der Waals surface area contributed by atoms with Crippen LogP contribution in [0.3, 0.4) is 0 Å². The van der Waals surface area contributed by atoms with E-state index in [4.69, 9.17) is 10.7 Å². The van der Waals surface area contributed by atoms with E-state index in [0.29, 0.717) is 41.1 Å². The molecule has 0 atom stereocenters. The van der Waals surface area contributed by atoms with Crippen LogP contribution in [0.4, 0.5) is 26.1 Å². The van der Waals surface area contributed by atoms with E-state index in [2.05, 4.69) is 14.6 Å². The first-order chi connectivity index (χ1) is 18.4. The van der Waals surface area contributed by atoms with Gasteiger partial charge >= 0.3 is 0 Å². The Labute approximate surface area is 226 Å². The van der Waals surface area contributed by atoms with E-state index >= 15 is 0 Å². The van der Waals surface area contributed by atoms with Gasteiger partial charge in [-0.25, -0.2) is 27.2 Å². The number of aliphatic hydroxyl groups is 1. The number of aryl methyl sites for hydroxylation is 1. The molecule has 212 valence electrons. The summed E-state index contributed by atoms with van der Waals surface area (Å²) in [6.45, 7) is 2.67. The lowest BCUT2D eigenvalue weighted by molar-refractivity contribution is -0.0222. The van der Waals surface area contributed by atoms with E-state index in [9.17, 15) is 27.1 Å². The number of aliphatic hydroxyl groups excluding tert-OH is 1. The van der Waals surface area contributed by atoms with Crippen LogP contribution in [0, 0.1) is 12.3 Å². The number of aromatic nitrogens is 2. The lowest BCUT2D eigenvalue weighted by Gasteiger charge is -2.36. The molecule has 4 N–H and O–H groups in total. The Balaban J connectivity index is 1.65. The number of hydrogen-bond acceptors (Lipinski definition) is 8. The molecular formula is C26H34F2N6O4S. The molecule has 1 amide bonds. The quantitative estimate of drug-likeness (QED) is 0.444. The molecule has 1 aromatic heterocycles. The number of hydrogen-bond donors (Lipinski definition) is 3. The molecule has 2 aromatic rings. The molecule has 2 aliphatic heterocycles. The van der Waals surface area contributed by atoms with E-state index in [0.717, 1.165) is 12.8 Å². The van der Waals surface area contributed by atoms with Crippen LogP contribution < -0.4 is 20.3 Å². The van der Waals surface area contributed by atoms with E-state index in [1.54, 1.807) is 17.9 Å². The minimum absolute atomic E-state index is 0.0776. The zero-order valence-electron chi connectivity index (χ0n) is 21.9. The monoisotopic (exact) mass is 564 g/mol. The Bertz CT molecular complexity index is 1360. The average molecular weight is 565 g/mol. The summed E-state index contributed by atoms with van der Waals surface area (Å²) in [5.74, 6) is -3.65. The van der Waals surface area contributed by atoms with Crippen molar-refractivity contribution in [3.05, 3.63) is 29.5 Å². The highest BCUT2D eigenvalue weighted by atomic mass is 32.2. The van der Waals surface area contributed by atoms with Crippen molar-refractivity contribution in [1.29, 1.82) is 0 Å². The summed E-state index contributed by atoms with van der Waals surface area (Å²) in [7, 11) is -3.93. The molecule has 10 nitrogen and oxygen atoms in total. The van der Waals surface area contributed by atoms with Crippen LogP contribution in [0.2, 0.25) is 0 Å². The molecule has 2 saturated heterocycles. The zero-order chi connectivity index (χ0) is 28.0. The Kier molecular flexibility index (Phi) is 7.17. The fourth-order valence-corrected chi connectivity index (χ4v) is 6.39. The minimum atomic E-state index is -3.93. The van der Waals surface area contributed by atoms with Crippen molar-refractivity contribution >= 4 is 33.3 Å². The smallest absolute Gasteiger partial charge is 0.251 e. The maximum Gasteiger partial charge on any atom is 0.251 e. The molecule has 39 heavy (non-hydrogen) atoms. The number of piperidine rings is 2. The molecule has 0 bridgehead atoms. The highest BCUT2D eigenvalue weighted by Gasteiger charge is 2.45. The maximum atomic E-state index is 13.8. The molecule has 1 spiro atoms. The SMILES string of the molecule is Cc1cc(-c2c(NS(=O)(=O)CCO)ccc(C(N)=O)c2N2CCC3(CC2)CC3)nc(N2CCC(F)(F)CC2)n1. The Morgan fingerprint density at radius 2 is 1.69 bits per heavy atom. The topological polar surface area (TPSA) is 142 Å². The van der Waals surface area contributed by atoms with Crippen molar-refractivity contribution in [2.24, 2.45) is 11.1 Å².